The average Bonchev–Trinajstić information content (AvgIpc) is 3.03. The van der Waals surface area contributed by atoms with E-state index >= 15 is 0 Å². The molecule has 22 heavy (non-hydrogen) atoms. The summed E-state index contributed by atoms with van der Waals surface area (Å²) in [5, 5.41) is 13.4. The van der Waals surface area contributed by atoms with Crippen molar-refractivity contribution in [1.29, 1.82) is 0 Å². The molecular formula is C18H24N2O2. The predicted molar refractivity (Wildman–Crippen MR) is 86.6 cm³/mol. The van der Waals surface area contributed by atoms with Crippen LogP contribution in [-0.4, -0.2) is 34.7 Å². The van der Waals surface area contributed by atoms with Crippen LogP contribution in [0.5, 0.6) is 0 Å². The first-order chi connectivity index (χ1) is 10.8. The van der Waals surface area contributed by atoms with E-state index in [0.29, 0.717) is 5.92 Å². The Kier molecular flexibility index (Phi) is 5.24. The second-order valence-corrected chi connectivity index (χ2v) is 6.03. The number of hydrogen-bond donors (Lipinski definition) is 1. The highest BCUT2D eigenvalue weighted by atomic mass is 16.5. The summed E-state index contributed by atoms with van der Waals surface area (Å²) < 4.78 is 7.47. The van der Waals surface area contributed by atoms with Crippen LogP contribution in [0.2, 0.25) is 0 Å². The van der Waals surface area contributed by atoms with Crippen molar-refractivity contribution in [1.82, 2.24) is 9.78 Å². The summed E-state index contributed by atoms with van der Waals surface area (Å²) in [6.45, 7) is 3.00. The summed E-state index contributed by atoms with van der Waals surface area (Å²) in [7, 11) is 0. The van der Waals surface area contributed by atoms with E-state index in [1.165, 1.54) is 16.7 Å². The minimum atomic E-state index is 0.251. The minimum absolute atomic E-state index is 0.251. The fourth-order valence-electron chi connectivity index (χ4n) is 2.95. The fraction of sp³-hybridized carbons (Fsp3) is 0.500. The summed E-state index contributed by atoms with van der Waals surface area (Å²) >= 11 is 0. The Morgan fingerprint density at radius 2 is 1.91 bits per heavy atom. The number of aryl methyl sites for hydroxylation is 1. The van der Waals surface area contributed by atoms with E-state index in [1.54, 1.807) is 0 Å². The van der Waals surface area contributed by atoms with Gasteiger partial charge in [0.25, 0.3) is 0 Å². The van der Waals surface area contributed by atoms with E-state index in [-0.39, 0.29) is 6.61 Å². The molecule has 2 heterocycles. The molecule has 1 aliphatic heterocycles. The molecule has 1 aliphatic rings. The molecule has 4 nitrogen and oxygen atoms in total. The van der Waals surface area contributed by atoms with Gasteiger partial charge in [-0.1, -0.05) is 24.3 Å². The van der Waals surface area contributed by atoms with Crippen molar-refractivity contribution in [2.75, 3.05) is 19.8 Å². The topological polar surface area (TPSA) is 47.3 Å². The minimum Gasteiger partial charge on any atom is -0.396 e. The zero-order valence-corrected chi connectivity index (χ0v) is 12.9. The Labute approximate surface area is 131 Å². The smallest absolute Gasteiger partial charge is 0.0568 e. The lowest BCUT2D eigenvalue weighted by atomic mass is 10.0. The Hall–Kier alpha value is -1.65. The summed E-state index contributed by atoms with van der Waals surface area (Å²) in [5.41, 5.74) is 3.64. The van der Waals surface area contributed by atoms with Crippen molar-refractivity contribution in [3.05, 3.63) is 42.2 Å². The van der Waals surface area contributed by atoms with E-state index in [4.69, 9.17) is 9.84 Å². The highest BCUT2D eigenvalue weighted by Gasteiger charge is 2.14. The maximum Gasteiger partial charge on any atom is 0.0568 e. The van der Waals surface area contributed by atoms with Gasteiger partial charge in [-0.25, -0.2) is 0 Å². The quantitative estimate of drug-likeness (QED) is 0.892. The van der Waals surface area contributed by atoms with Crippen LogP contribution >= 0.6 is 0 Å². The lowest BCUT2D eigenvalue weighted by molar-refractivity contribution is 0.0601. The van der Waals surface area contributed by atoms with Crippen LogP contribution in [0.25, 0.3) is 11.1 Å². The molecule has 2 aromatic rings. The summed E-state index contributed by atoms with van der Waals surface area (Å²) in [6, 6.07) is 8.56. The van der Waals surface area contributed by atoms with E-state index in [2.05, 4.69) is 40.2 Å². The van der Waals surface area contributed by atoms with Gasteiger partial charge in [-0.2, -0.15) is 5.10 Å². The maximum absolute atomic E-state index is 8.88. The SMILES string of the molecule is OCCCc1ccc(-c2cnn(CC3CCOCC3)c2)cc1. The zero-order chi connectivity index (χ0) is 15.2. The second kappa shape index (κ2) is 7.56. The molecule has 0 unspecified atom stereocenters. The average molecular weight is 300 g/mol. The van der Waals surface area contributed by atoms with Gasteiger partial charge in [0, 0.05) is 38.1 Å². The molecule has 1 aromatic heterocycles. The molecule has 1 saturated heterocycles. The van der Waals surface area contributed by atoms with E-state index in [9.17, 15) is 0 Å². The van der Waals surface area contributed by atoms with Gasteiger partial charge >= 0.3 is 0 Å². The molecule has 0 amide bonds. The Morgan fingerprint density at radius 3 is 2.64 bits per heavy atom. The van der Waals surface area contributed by atoms with Gasteiger partial charge in [-0.05, 0) is 42.7 Å². The number of ether oxygens (including phenoxy) is 1. The van der Waals surface area contributed by atoms with Crippen molar-refractivity contribution in [2.45, 2.75) is 32.2 Å². The first-order valence-corrected chi connectivity index (χ1v) is 8.15. The Bertz CT molecular complexity index is 571. The second-order valence-electron chi connectivity index (χ2n) is 6.03. The van der Waals surface area contributed by atoms with Crippen molar-refractivity contribution in [3.8, 4) is 11.1 Å². The van der Waals surface area contributed by atoms with Gasteiger partial charge in [0.05, 0.1) is 6.20 Å². The lowest BCUT2D eigenvalue weighted by Gasteiger charge is -2.21. The van der Waals surface area contributed by atoms with Gasteiger partial charge < -0.3 is 9.84 Å². The van der Waals surface area contributed by atoms with Crippen LogP contribution in [0.4, 0.5) is 0 Å². The third-order valence-electron chi connectivity index (χ3n) is 4.33. The summed E-state index contributed by atoms with van der Waals surface area (Å²) in [6.07, 6.45) is 8.10. The van der Waals surface area contributed by atoms with Crippen molar-refractivity contribution >= 4 is 0 Å². The van der Waals surface area contributed by atoms with E-state index in [1.807, 2.05) is 6.20 Å². The van der Waals surface area contributed by atoms with Crippen molar-refractivity contribution in [2.24, 2.45) is 5.92 Å². The van der Waals surface area contributed by atoms with Crippen molar-refractivity contribution in [3.63, 3.8) is 0 Å². The number of rotatable bonds is 6. The van der Waals surface area contributed by atoms with Gasteiger partial charge in [-0.15, -0.1) is 0 Å². The van der Waals surface area contributed by atoms with Crippen molar-refractivity contribution < 1.29 is 9.84 Å². The van der Waals surface area contributed by atoms with Gasteiger partial charge in [0.15, 0.2) is 0 Å². The highest BCUT2D eigenvalue weighted by Crippen LogP contribution is 2.22. The molecular weight excluding hydrogens is 276 g/mol. The van der Waals surface area contributed by atoms with Crippen LogP contribution in [0.3, 0.4) is 0 Å². The molecule has 1 N–H and O–H groups in total. The first kappa shape index (κ1) is 15.3. The zero-order valence-electron chi connectivity index (χ0n) is 12.9. The number of nitrogens with zero attached hydrogens (tertiary/aromatic N) is 2. The molecule has 0 atom stereocenters. The molecule has 0 spiro atoms. The molecule has 3 rings (SSSR count). The molecule has 1 aromatic carbocycles. The molecule has 0 saturated carbocycles. The fourth-order valence-corrected chi connectivity index (χ4v) is 2.95. The predicted octanol–water partition coefficient (Wildman–Crippen LogP) is 2.90. The third-order valence-corrected chi connectivity index (χ3v) is 4.33. The molecule has 0 bridgehead atoms. The van der Waals surface area contributed by atoms with Gasteiger partial charge in [-0.3, -0.25) is 4.68 Å². The summed E-state index contributed by atoms with van der Waals surface area (Å²) in [4.78, 5) is 0. The van der Waals surface area contributed by atoms with Gasteiger partial charge in [0.2, 0.25) is 0 Å². The first-order valence-electron chi connectivity index (χ1n) is 8.15. The third kappa shape index (κ3) is 3.96. The number of aromatic nitrogens is 2. The van der Waals surface area contributed by atoms with Crippen LogP contribution in [0.1, 0.15) is 24.8 Å². The number of hydrogen-bond acceptors (Lipinski definition) is 3. The van der Waals surface area contributed by atoms with Crippen LogP contribution in [0, 0.1) is 5.92 Å². The molecule has 1 fully saturated rings. The normalized spacial score (nSPS) is 16.0. The van der Waals surface area contributed by atoms with Crippen LogP contribution < -0.4 is 0 Å². The van der Waals surface area contributed by atoms with E-state index < -0.39 is 0 Å². The Morgan fingerprint density at radius 1 is 1.14 bits per heavy atom. The van der Waals surface area contributed by atoms with Crippen LogP contribution in [-0.2, 0) is 17.7 Å². The summed E-state index contributed by atoms with van der Waals surface area (Å²) in [5.74, 6) is 0.683. The molecule has 0 radical (unpaired) electrons. The largest absolute Gasteiger partial charge is 0.396 e. The van der Waals surface area contributed by atoms with Gasteiger partial charge in [0.1, 0.15) is 0 Å². The maximum atomic E-state index is 8.88. The van der Waals surface area contributed by atoms with Crippen LogP contribution in [0.15, 0.2) is 36.7 Å². The Balaban J connectivity index is 1.62. The monoisotopic (exact) mass is 300 g/mol. The molecule has 0 aliphatic carbocycles. The highest BCUT2D eigenvalue weighted by molar-refractivity contribution is 5.61. The van der Waals surface area contributed by atoms with E-state index in [0.717, 1.165) is 45.4 Å². The number of aliphatic hydroxyl groups excluding tert-OH is 1. The number of benzene rings is 1. The standard InChI is InChI=1S/C18H24N2O2/c21-9-1-2-15-3-5-17(6-4-15)18-12-19-20(14-18)13-16-7-10-22-11-8-16/h3-6,12,14,16,21H,1-2,7-11,13H2. The molecule has 4 heteroatoms. The lowest BCUT2D eigenvalue weighted by Crippen LogP contribution is -2.20. The molecule has 118 valence electrons. The number of aliphatic hydroxyl groups is 1.